The van der Waals surface area contributed by atoms with Crippen molar-refractivity contribution in [2.45, 2.75) is 57.7 Å². The van der Waals surface area contributed by atoms with Crippen molar-refractivity contribution >= 4 is 5.91 Å². The van der Waals surface area contributed by atoms with E-state index in [9.17, 15) is 4.79 Å². The molecular weight excluding hydrogens is 204 g/mol. The summed E-state index contributed by atoms with van der Waals surface area (Å²) in [5.41, 5.74) is 0. The van der Waals surface area contributed by atoms with E-state index in [2.05, 4.69) is 10.6 Å². The van der Waals surface area contributed by atoms with Crippen molar-refractivity contribution in [2.75, 3.05) is 13.7 Å². The van der Waals surface area contributed by atoms with Gasteiger partial charge in [-0.3, -0.25) is 4.79 Å². The van der Waals surface area contributed by atoms with Gasteiger partial charge in [-0.1, -0.05) is 12.8 Å². The van der Waals surface area contributed by atoms with Gasteiger partial charge in [-0.25, -0.2) is 0 Å². The Hall–Kier alpha value is -0.610. The molecule has 1 amide bonds. The molecule has 1 saturated carbocycles. The second-order valence-electron chi connectivity index (χ2n) is 4.75. The Morgan fingerprint density at radius 3 is 2.69 bits per heavy atom. The van der Waals surface area contributed by atoms with E-state index >= 15 is 0 Å². The third-order valence-electron chi connectivity index (χ3n) is 2.95. The van der Waals surface area contributed by atoms with Crippen molar-refractivity contribution in [3.05, 3.63) is 0 Å². The highest BCUT2D eigenvalue weighted by Gasteiger charge is 2.24. The lowest BCUT2D eigenvalue weighted by atomic mass is 9.92. The molecule has 0 bridgehead atoms. The van der Waals surface area contributed by atoms with Crippen LogP contribution in [0.4, 0.5) is 0 Å². The number of amides is 1. The maximum absolute atomic E-state index is 11.4. The van der Waals surface area contributed by atoms with E-state index in [0.717, 1.165) is 12.8 Å². The Balaban J connectivity index is 2.27. The van der Waals surface area contributed by atoms with Crippen molar-refractivity contribution in [1.82, 2.24) is 10.6 Å². The van der Waals surface area contributed by atoms with Gasteiger partial charge in [-0.2, -0.15) is 0 Å². The van der Waals surface area contributed by atoms with Crippen LogP contribution < -0.4 is 10.6 Å². The van der Waals surface area contributed by atoms with Crippen LogP contribution in [0.3, 0.4) is 0 Å². The highest BCUT2D eigenvalue weighted by Crippen LogP contribution is 2.20. The first-order valence-corrected chi connectivity index (χ1v) is 6.21. The Bertz CT molecular complexity index is 219. The summed E-state index contributed by atoms with van der Waals surface area (Å²) in [6, 6.07) is 0.586. The number of rotatable bonds is 5. The van der Waals surface area contributed by atoms with Gasteiger partial charge >= 0.3 is 0 Å². The summed E-state index contributed by atoms with van der Waals surface area (Å²) in [6.45, 7) is 4.09. The Morgan fingerprint density at radius 1 is 1.38 bits per heavy atom. The van der Waals surface area contributed by atoms with Gasteiger partial charge in [0.2, 0.25) is 5.91 Å². The SMILES string of the molecule is CNC1CCCCC1OCC(=O)NC(C)C. The van der Waals surface area contributed by atoms with E-state index in [0.29, 0.717) is 6.04 Å². The maximum atomic E-state index is 11.4. The number of carbonyl (C=O) groups is 1. The largest absolute Gasteiger partial charge is 0.367 e. The van der Waals surface area contributed by atoms with Gasteiger partial charge in [-0.15, -0.1) is 0 Å². The van der Waals surface area contributed by atoms with Crippen LogP contribution in [-0.4, -0.2) is 37.7 Å². The minimum absolute atomic E-state index is 0.0181. The molecule has 4 heteroatoms. The van der Waals surface area contributed by atoms with Crippen LogP contribution in [-0.2, 0) is 9.53 Å². The fraction of sp³-hybridized carbons (Fsp3) is 0.917. The zero-order valence-electron chi connectivity index (χ0n) is 10.6. The van der Waals surface area contributed by atoms with Crippen molar-refractivity contribution < 1.29 is 9.53 Å². The van der Waals surface area contributed by atoms with E-state index in [1.807, 2.05) is 20.9 Å². The average molecular weight is 228 g/mol. The lowest BCUT2D eigenvalue weighted by molar-refractivity contribution is -0.129. The molecule has 1 fully saturated rings. The first-order valence-electron chi connectivity index (χ1n) is 6.21. The van der Waals surface area contributed by atoms with Gasteiger partial charge in [0.25, 0.3) is 0 Å². The van der Waals surface area contributed by atoms with E-state index in [1.165, 1.54) is 12.8 Å². The van der Waals surface area contributed by atoms with Crippen LogP contribution in [0.15, 0.2) is 0 Å². The minimum Gasteiger partial charge on any atom is -0.367 e. The Kier molecular flexibility index (Phi) is 5.77. The average Bonchev–Trinajstić information content (AvgIpc) is 2.26. The predicted octanol–water partition coefficient (Wildman–Crippen LogP) is 1.06. The summed E-state index contributed by atoms with van der Waals surface area (Å²) in [4.78, 5) is 11.4. The molecule has 0 radical (unpaired) electrons. The standard InChI is InChI=1S/C12H24N2O2/c1-9(2)14-12(15)8-16-11-7-5-4-6-10(11)13-3/h9-11,13H,4-8H2,1-3H3,(H,14,15). The molecule has 0 saturated heterocycles. The van der Waals surface area contributed by atoms with Crippen molar-refractivity contribution in [1.29, 1.82) is 0 Å². The van der Waals surface area contributed by atoms with Crippen LogP contribution in [0.5, 0.6) is 0 Å². The fourth-order valence-corrected chi connectivity index (χ4v) is 2.17. The smallest absolute Gasteiger partial charge is 0.246 e. The second-order valence-corrected chi connectivity index (χ2v) is 4.75. The number of hydrogen-bond donors (Lipinski definition) is 2. The number of nitrogens with one attached hydrogen (secondary N) is 2. The van der Waals surface area contributed by atoms with Crippen molar-refractivity contribution in [2.24, 2.45) is 0 Å². The predicted molar refractivity (Wildman–Crippen MR) is 64.3 cm³/mol. The maximum Gasteiger partial charge on any atom is 0.246 e. The first-order chi connectivity index (χ1) is 7.63. The topological polar surface area (TPSA) is 50.4 Å². The van der Waals surface area contributed by atoms with Crippen molar-refractivity contribution in [3.63, 3.8) is 0 Å². The summed E-state index contributed by atoms with van der Waals surface area (Å²) in [5.74, 6) is -0.0181. The van der Waals surface area contributed by atoms with E-state index in [4.69, 9.17) is 4.74 Å². The van der Waals surface area contributed by atoms with Crippen molar-refractivity contribution in [3.8, 4) is 0 Å². The van der Waals surface area contributed by atoms with Gasteiger partial charge in [0.1, 0.15) is 6.61 Å². The molecule has 0 aliphatic heterocycles. The monoisotopic (exact) mass is 228 g/mol. The summed E-state index contributed by atoms with van der Waals surface area (Å²) >= 11 is 0. The molecule has 0 aromatic rings. The first kappa shape index (κ1) is 13.5. The number of likely N-dealkylation sites (N-methyl/N-ethyl adjacent to an activating group) is 1. The third-order valence-corrected chi connectivity index (χ3v) is 2.95. The number of ether oxygens (including phenoxy) is 1. The molecule has 16 heavy (non-hydrogen) atoms. The van der Waals surface area contributed by atoms with Crippen LogP contribution in [0.2, 0.25) is 0 Å². The van der Waals surface area contributed by atoms with Crippen LogP contribution in [0.25, 0.3) is 0 Å². The molecule has 1 rings (SSSR count). The third kappa shape index (κ3) is 4.49. The highest BCUT2D eigenvalue weighted by atomic mass is 16.5. The van der Waals surface area contributed by atoms with E-state index in [-0.39, 0.29) is 24.7 Å². The Labute approximate surface area is 98.1 Å². The summed E-state index contributed by atoms with van der Waals surface area (Å²) in [5, 5.41) is 6.09. The molecule has 2 N–H and O–H groups in total. The normalized spacial score (nSPS) is 25.8. The highest BCUT2D eigenvalue weighted by molar-refractivity contribution is 5.77. The molecule has 0 heterocycles. The van der Waals surface area contributed by atoms with Crippen LogP contribution in [0, 0.1) is 0 Å². The second kappa shape index (κ2) is 6.86. The molecule has 4 nitrogen and oxygen atoms in total. The van der Waals surface area contributed by atoms with Gasteiger partial charge in [0.15, 0.2) is 0 Å². The van der Waals surface area contributed by atoms with Gasteiger partial charge in [0, 0.05) is 12.1 Å². The van der Waals surface area contributed by atoms with Gasteiger partial charge in [-0.05, 0) is 33.7 Å². The summed E-state index contributed by atoms with van der Waals surface area (Å²) < 4.78 is 5.67. The molecule has 1 aliphatic rings. The van der Waals surface area contributed by atoms with E-state index < -0.39 is 0 Å². The quantitative estimate of drug-likeness (QED) is 0.739. The molecule has 0 aromatic heterocycles. The molecule has 94 valence electrons. The zero-order chi connectivity index (χ0) is 12.0. The molecule has 0 aromatic carbocycles. The molecular formula is C12H24N2O2. The van der Waals surface area contributed by atoms with Crippen LogP contribution >= 0.6 is 0 Å². The minimum atomic E-state index is -0.0181. The number of carbonyl (C=O) groups excluding carboxylic acids is 1. The van der Waals surface area contributed by atoms with Gasteiger partial charge in [0.05, 0.1) is 6.10 Å². The molecule has 2 atom stereocenters. The molecule has 1 aliphatic carbocycles. The van der Waals surface area contributed by atoms with E-state index in [1.54, 1.807) is 0 Å². The molecule has 2 unspecified atom stereocenters. The van der Waals surface area contributed by atoms with Crippen LogP contribution in [0.1, 0.15) is 39.5 Å². The summed E-state index contributed by atoms with van der Waals surface area (Å²) in [7, 11) is 1.96. The number of hydrogen-bond acceptors (Lipinski definition) is 3. The lowest BCUT2D eigenvalue weighted by Gasteiger charge is -2.31. The lowest BCUT2D eigenvalue weighted by Crippen LogP contribution is -2.43. The Morgan fingerprint density at radius 2 is 2.06 bits per heavy atom. The fourth-order valence-electron chi connectivity index (χ4n) is 2.17. The van der Waals surface area contributed by atoms with Gasteiger partial charge < -0.3 is 15.4 Å². The summed E-state index contributed by atoms with van der Waals surface area (Å²) in [6.07, 6.45) is 4.85. The zero-order valence-corrected chi connectivity index (χ0v) is 10.6. The molecule has 0 spiro atoms.